The van der Waals surface area contributed by atoms with Crippen LogP contribution in [0.2, 0.25) is 0 Å². The van der Waals surface area contributed by atoms with Crippen molar-refractivity contribution in [1.29, 1.82) is 0 Å². The second-order valence-electron chi connectivity index (χ2n) is 7.43. The number of nitro groups is 1. The first-order valence-corrected chi connectivity index (χ1v) is 9.72. The van der Waals surface area contributed by atoms with E-state index >= 15 is 0 Å². The Bertz CT molecular complexity index is 1100. The van der Waals surface area contributed by atoms with Crippen molar-refractivity contribution in [3.05, 3.63) is 46.7 Å². The van der Waals surface area contributed by atoms with Crippen molar-refractivity contribution < 1.29 is 18.8 Å². The lowest BCUT2D eigenvalue weighted by Gasteiger charge is -2.35. The monoisotopic (exact) mass is 414 g/mol. The highest BCUT2D eigenvalue weighted by Gasteiger charge is 2.40. The molecule has 0 unspecified atom stereocenters. The van der Waals surface area contributed by atoms with Gasteiger partial charge in [-0.1, -0.05) is 0 Å². The van der Waals surface area contributed by atoms with Gasteiger partial charge in [0.15, 0.2) is 11.6 Å². The van der Waals surface area contributed by atoms with Gasteiger partial charge in [0.1, 0.15) is 23.4 Å². The Kier molecular flexibility index (Phi) is 4.55. The van der Waals surface area contributed by atoms with Gasteiger partial charge in [-0.25, -0.2) is 19.3 Å². The first-order chi connectivity index (χ1) is 14.5. The van der Waals surface area contributed by atoms with Crippen LogP contribution in [-0.4, -0.2) is 49.3 Å². The molecule has 11 heteroatoms. The zero-order valence-electron chi connectivity index (χ0n) is 16.0. The van der Waals surface area contributed by atoms with E-state index in [2.05, 4.69) is 20.3 Å². The van der Waals surface area contributed by atoms with E-state index in [1.54, 1.807) is 0 Å². The summed E-state index contributed by atoms with van der Waals surface area (Å²) < 4.78 is 26.7. The number of pyridine rings is 1. The van der Waals surface area contributed by atoms with Crippen molar-refractivity contribution in [3.63, 3.8) is 0 Å². The molecule has 0 aromatic carbocycles. The van der Waals surface area contributed by atoms with E-state index in [-0.39, 0.29) is 23.4 Å². The number of hydrogen-bond acceptors (Lipinski definition) is 8. The highest BCUT2D eigenvalue weighted by atomic mass is 19.1. The molecule has 0 atom stereocenters. The van der Waals surface area contributed by atoms with Crippen LogP contribution in [-0.2, 0) is 9.47 Å². The quantitative estimate of drug-likeness (QED) is 0.512. The number of hydrogen-bond donors (Lipinski definition) is 1. The second-order valence-corrected chi connectivity index (χ2v) is 7.43. The molecule has 2 aliphatic rings. The largest absolute Gasteiger partial charge is 0.361 e. The van der Waals surface area contributed by atoms with E-state index in [0.29, 0.717) is 37.4 Å². The van der Waals surface area contributed by atoms with Crippen LogP contribution in [0.1, 0.15) is 25.7 Å². The Morgan fingerprint density at radius 2 is 1.97 bits per heavy atom. The number of imidazole rings is 1. The zero-order valence-corrected chi connectivity index (χ0v) is 16.0. The minimum Gasteiger partial charge on any atom is -0.361 e. The predicted octanol–water partition coefficient (Wildman–Crippen LogP) is 2.94. The molecule has 1 saturated carbocycles. The molecule has 1 spiro atoms. The minimum atomic E-state index is -0.520. The summed E-state index contributed by atoms with van der Waals surface area (Å²) >= 11 is 0. The van der Waals surface area contributed by atoms with E-state index in [4.69, 9.17) is 9.47 Å². The Balaban J connectivity index is 1.44. The summed E-state index contributed by atoms with van der Waals surface area (Å²) in [5.74, 6) is -0.599. The maximum absolute atomic E-state index is 13.7. The number of nitrogens with zero attached hydrogens (tertiary/aromatic N) is 5. The van der Waals surface area contributed by atoms with Gasteiger partial charge in [0.05, 0.1) is 24.3 Å². The summed E-state index contributed by atoms with van der Waals surface area (Å²) in [6.45, 7) is 1.19. The summed E-state index contributed by atoms with van der Waals surface area (Å²) in [5.41, 5.74) is 0.752. The van der Waals surface area contributed by atoms with Gasteiger partial charge in [-0.05, 0) is 25.0 Å². The van der Waals surface area contributed by atoms with Gasteiger partial charge in [-0.3, -0.25) is 14.5 Å². The third-order valence-electron chi connectivity index (χ3n) is 5.57. The molecular weight excluding hydrogens is 395 g/mol. The lowest BCUT2D eigenvalue weighted by Crippen LogP contribution is -2.39. The number of halogens is 1. The smallest absolute Gasteiger partial charge is 0.329 e. The highest BCUT2D eigenvalue weighted by Crippen LogP contribution is 2.37. The maximum atomic E-state index is 13.7. The summed E-state index contributed by atoms with van der Waals surface area (Å²) in [7, 11) is 0. The summed E-state index contributed by atoms with van der Waals surface area (Å²) in [4.78, 5) is 23.7. The SMILES string of the molecule is O=[N+]([O-])c1cnc(-c2cnc3ccc(F)cn23)nc1NC1CCC2(CC1)OCCO2. The molecule has 10 nitrogen and oxygen atoms in total. The van der Waals surface area contributed by atoms with Crippen LogP contribution in [0, 0.1) is 15.9 Å². The normalized spacial score (nSPS) is 18.8. The van der Waals surface area contributed by atoms with Gasteiger partial charge >= 0.3 is 5.69 Å². The fourth-order valence-corrected chi connectivity index (χ4v) is 4.04. The molecule has 2 fully saturated rings. The molecule has 0 bridgehead atoms. The fourth-order valence-electron chi connectivity index (χ4n) is 4.04. The Morgan fingerprint density at radius 3 is 2.70 bits per heavy atom. The second kappa shape index (κ2) is 7.26. The minimum absolute atomic E-state index is 0.00972. The fraction of sp³-hybridized carbons (Fsp3) is 0.421. The molecule has 1 saturated heterocycles. The molecule has 156 valence electrons. The van der Waals surface area contributed by atoms with Crippen LogP contribution in [0.15, 0.2) is 30.7 Å². The molecule has 1 aliphatic carbocycles. The molecule has 4 heterocycles. The van der Waals surface area contributed by atoms with Crippen molar-refractivity contribution >= 4 is 17.2 Å². The average molecular weight is 414 g/mol. The number of nitrogens with one attached hydrogen (secondary N) is 1. The maximum Gasteiger partial charge on any atom is 0.329 e. The predicted molar refractivity (Wildman–Crippen MR) is 103 cm³/mol. The molecule has 3 aromatic heterocycles. The van der Waals surface area contributed by atoms with E-state index in [0.717, 1.165) is 19.0 Å². The van der Waals surface area contributed by atoms with Gasteiger partial charge in [0.2, 0.25) is 5.82 Å². The van der Waals surface area contributed by atoms with Crippen LogP contribution < -0.4 is 5.32 Å². The van der Waals surface area contributed by atoms with Gasteiger partial charge in [-0.2, -0.15) is 0 Å². The van der Waals surface area contributed by atoms with Crippen molar-refractivity contribution in [2.24, 2.45) is 0 Å². The summed E-state index contributed by atoms with van der Waals surface area (Å²) in [5, 5.41) is 14.7. The van der Waals surface area contributed by atoms with Crippen LogP contribution in [0.3, 0.4) is 0 Å². The number of rotatable bonds is 4. The molecule has 0 radical (unpaired) electrons. The Labute approximate surface area is 170 Å². The summed E-state index contributed by atoms with van der Waals surface area (Å²) in [6.07, 6.45) is 6.84. The van der Waals surface area contributed by atoms with Gasteiger partial charge < -0.3 is 14.8 Å². The van der Waals surface area contributed by atoms with Crippen molar-refractivity contribution in [3.8, 4) is 11.5 Å². The molecule has 30 heavy (non-hydrogen) atoms. The van der Waals surface area contributed by atoms with Crippen molar-refractivity contribution in [2.75, 3.05) is 18.5 Å². The lowest BCUT2D eigenvalue weighted by molar-refractivity contribution is -0.384. The first kappa shape index (κ1) is 18.8. The molecule has 1 N–H and O–H groups in total. The first-order valence-electron chi connectivity index (χ1n) is 9.72. The third-order valence-corrected chi connectivity index (χ3v) is 5.57. The van der Waals surface area contributed by atoms with Crippen LogP contribution in [0.25, 0.3) is 17.2 Å². The van der Waals surface area contributed by atoms with E-state index in [1.807, 2.05) is 0 Å². The molecule has 0 amide bonds. The molecule has 1 aliphatic heterocycles. The van der Waals surface area contributed by atoms with E-state index < -0.39 is 16.5 Å². The number of ether oxygens (including phenoxy) is 2. The zero-order chi connectivity index (χ0) is 20.7. The standard InChI is InChI=1S/C19H19FN6O4/c20-12-1-2-16-21-9-14(25(16)11-12)17-22-10-15(26(27)28)18(24-17)23-13-3-5-19(6-4-13)29-7-8-30-19/h1-2,9-11,13H,3-8H2,(H,22,23,24). The third kappa shape index (κ3) is 3.35. The lowest BCUT2D eigenvalue weighted by atomic mass is 9.90. The molecular formula is C19H19FN6O4. The molecule has 3 aromatic rings. The van der Waals surface area contributed by atoms with Crippen LogP contribution >= 0.6 is 0 Å². The Morgan fingerprint density at radius 1 is 1.20 bits per heavy atom. The summed E-state index contributed by atoms with van der Waals surface area (Å²) in [6, 6.07) is 2.84. The van der Waals surface area contributed by atoms with Gasteiger partial charge in [0.25, 0.3) is 0 Å². The van der Waals surface area contributed by atoms with Crippen LogP contribution in [0.4, 0.5) is 15.9 Å². The number of anilines is 1. The van der Waals surface area contributed by atoms with E-state index in [9.17, 15) is 14.5 Å². The highest BCUT2D eigenvalue weighted by molar-refractivity contribution is 5.63. The average Bonchev–Trinajstić information content (AvgIpc) is 3.36. The number of aromatic nitrogens is 4. The van der Waals surface area contributed by atoms with Crippen molar-refractivity contribution in [1.82, 2.24) is 19.4 Å². The van der Waals surface area contributed by atoms with Gasteiger partial charge in [0, 0.05) is 25.1 Å². The van der Waals surface area contributed by atoms with E-state index in [1.165, 1.54) is 28.9 Å². The van der Waals surface area contributed by atoms with Crippen LogP contribution in [0.5, 0.6) is 0 Å². The van der Waals surface area contributed by atoms with Gasteiger partial charge in [-0.15, -0.1) is 0 Å². The van der Waals surface area contributed by atoms with Crippen molar-refractivity contribution in [2.45, 2.75) is 37.5 Å². The topological polar surface area (TPSA) is 117 Å². The molecule has 5 rings (SSSR count). The Hall–Kier alpha value is -3.18. The number of fused-ring (bicyclic) bond motifs is 1.